The monoisotopic (exact) mass is 322 g/mol. The van der Waals surface area contributed by atoms with Gasteiger partial charge in [-0.25, -0.2) is 26.6 Å². The third-order valence-electron chi connectivity index (χ3n) is 2.25. The highest BCUT2D eigenvalue weighted by atomic mass is 35.5. The molecule has 2 rings (SSSR count). The van der Waals surface area contributed by atoms with Crippen molar-refractivity contribution in [1.29, 1.82) is 0 Å². The molecule has 1 heterocycles. The number of sulfonamides is 1. The zero-order chi connectivity index (χ0) is 14.9. The lowest BCUT2D eigenvalue weighted by molar-refractivity contribution is 0.498. The fourth-order valence-electron chi connectivity index (χ4n) is 1.36. The van der Waals surface area contributed by atoms with Crippen LogP contribution in [0.5, 0.6) is 0 Å². The number of nitrogens with zero attached hydrogens (tertiary/aromatic N) is 1. The zero-order valence-corrected chi connectivity index (χ0v) is 11.1. The number of anilines is 1. The van der Waals surface area contributed by atoms with Crippen LogP contribution in [0, 0.1) is 17.5 Å². The zero-order valence-electron chi connectivity index (χ0n) is 9.57. The summed E-state index contributed by atoms with van der Waals surface area (Å²) in [5.41, 5.74) is -0.836. The van der Waals surface area contributed by atoms with Crippen molar-refractivity contribution in [3.63, 3.8) is 0 Å². The number of hydrogen-bond donors (Lipinski definition) is 1. The van der Waals surface area contributed by atoms with Gasteiger partial charge in [-0.15, -0.1) is 0 Å². The van der Waals surface area contributed by atoms with Gasteiger partial charge in [-0.1, -0.05) is 11.6 Å². The standard InChI is InChI=1S/C11H6ClF3N2O2S/c12-10-2-1-7(5-16-10)20(18,19)17-9-4-6(13)3-8(14)11(9)15/h1-5,17H. The quantitative estimate of drug-likeness (QED) is 0.698. The molecule has 0 fully saturated rings. The van der Waals surface area contributed by atoms with E-state index in [0.717, 1.165) is 12.3 Å². The Morgan fingerprint density at radius 2 is 1.85 bits per heavy atom. The summed E-state index contributed by atoms with van der Waals surface area (Å²) in [5.74, 6) is -4.12. The van der Waals surface area contributed by atoms with Crippen LogP contribution >= 0.6 is 11.6 Å². The van der Waals surface area contributed by atoms with Gasteiger partial charge in [-0.3, -0.25) is 4.72 Å². The average Bonchev–Trinajstić information content (AvgIpc) is 2.35. The van der Waals surface area contributed by atoms with Crippen molar-refractivity contribution in [2.75, 3.05) is 4.72 Å². The topological polar surface area (TPSA) is 59.1 Å². The van der Waals surface area contributed by atoms with Crippen LogP contribution in [0.25, 0.3) is 0 Å². The van der Waals surface area contributed by atoms with Gasteiger partial charge in [0.15, 0.2) is 11.6 Å². The maximum Gasteiger partial charge on any atom is 0.263 e. The summed E-state index contributed by atoms with van der Waals surface area (Å²) < 4.78 is 64.8. The van der Waals surface area contributed by atoms with Gasteiger partial charge >= 0.3 is 0 Å². The van der Waals surface area contributed by atoms with Crippen LogP contribution in [-0.4, -0.2) is 13.4 Å². The molecule has 0 atom stereocenters. The van der Waals surface area contributed by atoms with Crippen molar-refractivity contribution in [3.8, 4) is 0 Å². The van der Waals surface area contributed by atoms with Gasteiger partial charge in [-0.05, 0) is 12.1 Å². The summed E-state index contributed by atoms with van der Waals surface area (Å²) in [6.45, 7) is 0. The predicted octanol–water partition coefficient (Wildman–Crippen LogP) is 2.95. The van der Waals surface area contributed by atoms with Crippen molar-refractivity contribution < 1.29 is 21.6 Å². The first-order chi connectivity index (χ1) is 9.29. The lowest BCUT2D eigenvalue weighted by Crippen LogP contribution is -2.15. The smallest absolute Gasteiger partial charge is 0.263 e. The lowest BCUT2D eigenvalue weighted by Gasteiger charge is -2.09. The highest BCUT2D eigenvalue weighted by Crippen LogP contribution is 2.22. The Morgan fingerprint density at radius 1 is 1.15 bits per heavy atom. The number of halogens is 4. The minimum Gasteiger partial charge on any atom is -0.276 e. The Labute approximate surface area is 117 Å². The first-order valence-corrected chi connectivity index (χ1v) is 6.94. The average molecular weight is 323 g/mol. The fraction of sp³-hybridized carbons (Fsp3) is 0. The van der Waals surface area contributed by atoms with E-state index in [-0.39, 0.29) is 10.0 Å². The Balaban J connectivity index is 2.41. The molecule has 1 N–H and O–H groups in total. The van der Waals surface area contributed by atoms with Crippen molar-refractivity contribution in [2.45, 2.75) is 4.90 Å². The predicted molar refractivity (Wildman–Crippen MR) is 66.4 cm³/mol. The van der Waals surface area contributed by atoms with E-state index in [2.05, 4.69) is 4.98 Å². The molecular weight excluding hydrogens is 317 g/mol. The van der Waals surface area contributed by atoms with Crippen molar-refractivity contribution >= 4 is 27.3 Å². The maximum atomic E-state index is 13.4. The van der Waals surface area contributed by atoms with Crippen LogP contribution in [0.3, 0.4) is 0 Å². The Hall–Kier alpha value is -1.80. The van der Waals surface area contributed by atoms with Crippen LogP contribution < -0.4 is 4.72 Å². The molecule has 9 heteroatoms. The molecule has 0 spiro atoms. The molecule has 4 nitrogen and oxygen atoms in total. The largest absolute Gasteiger partial charge is 0.276 e. The number of nitrogens with one attached hydrogen (secondary N) is 1. The van der Waals surface area contributed by atoms with Crippen molar-refractivity contribution in [2.24, 2.45) is 0 Å². The van der Waals surface area contributed by atoms with E-state index in [0.29, 0.717) is 12.1 Å². The summed E-state index contributed by atoms with van der Waals surface area (Å²) in [6, 6.07) is 3.15. The second-order valence-corrected chi connectivity index (χ2v) is 5.74. The molecule has 0 amide bonds. The third kappa shape index (κ3) is 3.02. The summed E-state index contributed by atoms with van der Waals surface area (Å²) in [5, 5.41) is 0.0620. The number of benzene rings is 1. The van der Waals surface area contributed by atoms with Crippen LogP contribution in [0.15, 0.2) is 35.4 Å². The highest BCUT2D eigenvalue weighted by Gasteiger charge is 2.19. The molecular formula is C11H6ClF3N2O2S. The van der Waals surface area contributed by atoms with E-state index in [9.17, 15) is 21.6 Å². The Bertz CT molecular complexity index is 751. The van der Waals surface area contributed by atoms with Crippen LogP contribution in [0.4, 0.5) is 18.9 Å². The van der Waals surface area contributed by atoms with Crippen molar-refractivity contribution in [1.82, 2.24) is 4.98 Å². The molecule has 0 bridgehead atoms. The van der Waals surface area contributed by atoms with E-state index in [1.165, 1.54) is 6.07 Å². The van der Waals surface area contributed by atoms with E-state index in [1.807, 2.05) is 0 Å². The van der Waals surface area contributed by atoms with Gasteiger partial charge in [0.1, 0.15) is 15.9 Å². The molecule has 0 saturated carbocycles. The second-order valence-electron chi connectivity index (χ2n) is 3.67. The highest BCUT2D eigenvalue weighted by molar-refractivity contribution is 7.92. The van der Waals surface area contributed by atoms with E-state index >= 15 is 0 Å². The number of aromatic nitrogens is 1. The summed E-state index contributed by atoms with van der Waals surface area (Å²) in [6.07, 6.45) is 0.929. The minimum absolute atomic E-state index is 0.0620. The first kappa shape index (κ1) is 14.6. The summed E-state index contributed by atoms with van der Waals surface area (Å²) in [4.78, 5) is 3.22. The van der Waals surface area contributed by atoms with Crippen LogP contribution in [0.2, 0.25) is 5.15 Å². The first-order valence-electron chi connectivity index (χ1n) is 5.08. The van der Waals surface area contributed by atoms with Gasteiger partial charge in [0.05, 0.1) is 5.69 Å². The van der Waals surface area contributed by atoms with Crippen LogP contribution in [-0.2, 0) is 10.0 Å². The van der Waals surface area contributed by atoms with Crippen LogP contribution in [0.1, 0.15) is 0 Å². The molecule has 0 aliphatic carbocycles. The molecule has 2 aromatic rings. The molecule has 0 aliphatic heterocycles. The number of rotatable bonds is 3. The molecule has 0 radical (unpaired) electrons. The second kappa shape index (κ2) is 5.29. The Kier molecular flexibility index (Phi) is 3.87. The van der Waals surface area contributed by atoms with Gasteiger partial charge in [0.2, 0.25) is 0 Å². The van der Waals surface area contributed by atoms with Gasteiger partial charge in [0.25, 0.3) is 10.0 Å². The third-order valence-corrected chi connectivity index (χ3v) is 3.82. The molecule has 0 aliphatic rings. The van der Waals surface area contributed by atoms with Gasteiger partial charge in [-0.2, -0.15) is 0 Å². The molecule has 106 valence electrons. The van der Waals surface area contributed by atoms with Gasteiger partial charge in [0, 0.05) is 18.3 Å². The summed E-state index contributed by atoms with van der Waals surface area (Å²) >= 11 is 5.50. The Morgan fingerprint density at radius 3 is 2.45 bits per heavy atom. The van der Waals surface area contributed by atoms with E-state index in [1.54, 1.807) is 4.72 Å². The minimum atomic E-state index is -4.23. The molecule has 0 saturated heterocycles. The normalized spacial score (nSPS) is 11.4. The summed E-state index contributed by atoms with van der Waals surface area (Å²) in [7, 11) is -4.23. The van der Waals surface area contributed by atoms with Crippen molar-refractivity contribution in [3.05, 3.63) is 53.1 Å². The number of hydrogen-bond acceptors (Lipinski definition) is 3. The van der Waals surface area contributed by atoms with E-state index in [4.69, 9.17) is 11.6 Å². The fourth-order valence-corrected chi connectivity index (χ4v) is 2.46. The molecule has 20 heavy (non-hydrogen) atoms. The lowest BCUT2D eigenvalue weighted by atomic mass is 10.3. The molecule has 1 aromatic heterocycles. The maximum absolute atomic E-state index is 13.4. The van der Waals surface area contributed by atoms with Gasteiger partial charge < -0.3 is 0 Å². The number of pyridine rings is 1. The molecule has 1 aromatic carbocycles. The van der Waals surface area contributed by atoms with E-state index < -0.39 is 33.2 Å². The molecule has 0 unspecified atom stereocenters. The SMILES string of the molecule is O=S(=O)(Nc1cc(F)cc(F)c1F)c1ccc(Cl)nc1.